The highest BCUT2D eigenvalue weighted by atomic mass is 35.5. The fraction of sp³-hybridized carbons (Fsp3) is 0.538. The minimum atomic E-state index is -4.95. The van der Waals surface area contributed by atoms with Crippen molar-refractivity contribution in [3.63, 3.8) is 0 Å². The first-order valence-electron chi connectivity index (χ1n) is 6.74. The summed E-state index contributed by atoms with van der Waals surface area (Å²) in [4.78, 5) is -0.601. The van der Waals surface area contributed by atoms with Crippen molar-refractivity contribution in [3.05, 3.63) is 29.6 Å². The van der Waals surface area contributed by atoms with Gasteiger partial charge in [0.2, 0.25) is 10.0 Å². The number of rotatable bonds is 3. The van der Waals surface area contributed by atoms with Crippen molar-refractivity contribution in [1.29, 1.82) is 0 Å². The fourth-order valence-corrected chi connectivity index (χ4v) is 3.74. The summed E-state index contributed by atoms with van der Waals surface area (Å²) in [6.07, 6.45) is -2.62. The number of hydrogen-bond donors (Lipinski definition) is 2. The lowest BCUT2D eigenvalue weighted by Gasteiger charge is -2.26. The van der Waals surface area contributed by atoms with Crippen molar-refractivity contribution in [2.75, 3.05) is 0 Å². The lowest BCUT2D eigenvalue weighted by atomic mass is 9.93. The number of benzene rings is 1. The number of halogens is 5. The van der Waals surface area contributed by atoms with Crippen molar-refractivity contribution in [2.45, 2.75) is 48.8 Å². The largest absolute Gasteiger partial charge is 0.419 e. The third-order valence-corrected chi connectivity index (χ3v) is 5.17. The molecule has 0 amide bonds. The smallest absolute Gasteiger partial charge is 0.328 e. The molecule has 1 aliphatic rings. The van der Waals surface area contributed by atoms with Gasteiger partial charge in [0.1, 0.15) is 5.82 Å². The molecule has 23 heavy (non-hydrogen) atoms. The molecule has 2 rings (SSSR count). The maximum atomic E-state index is 13.2. The van der Waals surface area contributed by atoms with Crippen LogP contribution in [0.3, 0.4) is 0 Å². The first kappa shape index (κ1) is 20.1. The summed E-state index contributed by atoms with van der Waals surface area (Å²) in [6, 6.07) is 1.29. The van der Waals surface area contributed by atoms with Gasteiger partial charge in [-0.05, 0) is 43.9 Å². The molecule has 0 saturated heterocycles. The summed E-state index contributed by atoms with van der Waals surface area (Å²) in [7, 11) is -4.13. The molecule has 3 N–H and O–H groups in total. The van der Waals surface area contributed by atoms with Crippen molar-refractivity contribution in [3.8, 4) is 0 Å². The van der Waals surface area contributed by atoms with Crippen LogP contribution in [0, 0.1) is 5.82 Å². The predicted molar refractivity (Wildman–Crippen MR) is 79.2 cm³/mol. The Balaban J connectivity index is 0.00000264. The maximum absolute atomic E-state index is 13.2. The highest BCUT2D eigenvalue weighted by molar-refractivity contribution is 7.89. The van der Waals surface area contributed by atoms with Crippen molar-refractivity contribution < 1.29 is 26.0 Å². The van der Waals surface area contributed by atoms with E-state index >= 15 is 0 Å². The summed E-state index contributed by atoms with van der Waals surface area (Å²) in [6.45, 7) is 0. The summed E-state index contributed by atoms with van der Waals surface area (Å²) in [5.41, 5.74) is 4.12. The molecule has 0 radical (unpaired) electrons. The summed E-state index contributed by atoms with van der Waals surface area (Å²) in [5.74, 6) is -1.50. The molecule has 1 fully saturated rings. The van der Waals surface area contributed by atoms with Crippen molar-refractivity contribution in [2.24, 2.45) is 5.73 Å². The van der Waals surface area contributed by atoms with Gasteiger partial charge in [0.15, 0.2) is 0 Å². The molecule has 0 atom stereocenters. The predicted octanol–water partition coefficient (Wildman–Crippen LogP) is 2.81. The van der Waals surface area contributed by atoms with E-state index in [-0.39, 0.29) is 24.5 Å². The molecule has 0 spiro atoms. The second-order valence-electron chi connectivity index (χ2n) is 5.37. The molecule has 10 heteroatoms. The quantitative estimate of drug-likeness (QED) is 0.797. The number of nitrogens with two attached hydrogens (primary N) is 1. The third kappa shape index (κ3) is 5.03. The second-order valence-corrected chi connectivity index (χ2v) is 7.09. The Morgan fingerprint density at radius 3 is 2.22 bits per heavy atom. The Kier molecular flexibility index (Phi) is 6.42. The van der Waals surface area contributed by atoms with Gasteiger partial charge < -0.3 is 5.73 Å². The Labute approximate surface area is 137 Å². The van der Waals surface area contributed by atoms with Gasteiger partial charge in [0.25, 0.3) is 0 Å². The molecule has 0 heterocycles. The van der Waals surface area contributed by atoms with Gasteiger partial charge in [0.05, 0.1) is 10.5 Å². The van der Waals surface area contributed by atoms with E-state index in [0.717, 1.165) is 6.07 Å². The van der Waals surface area contributed by atoms with Crippen LogP contribution in [0.25, 0.3) is 0 Å². The molecular formula is C13H17ClF4N2O2S. The molecule has 1 aromatic rings. The van der Waals surface area contributed by atoms with E-state index < -0.39 is 32.5 Å². The Morgan fingerprint density at radius 1 is 1.13 bits per heavy atom. The van der Waals surface area contributed by atoms with Crippen LogP contribution in [-0.4, -0.2) is 20.5 Å². The lowest BCUT2D eigenvalue weighted by molar-refractivity contribution is -0.140. The van der Waals surface area contributed by atoms with Gasteiger partial charge in [0, 0.05) is 12.1 Å². The van der Waals surface area contributed by atoms with Crippen LogP contribution in [0.2, 0.25) is 0 Å². The second kappa shape index (κ2) is 7.33. The van der Waals surface area contributed by atoms with E-state index in [1.54, 1.807) is 0 Å². The maximum Gasteiger partial charge on any atom is 0.419 e. The minimum absolute atomic E-state index is 0. The molecule has 0 bridgehead atoms. The normalized spacial score (nSPS) is 22.5. The average molecular weight is 377 g/mol. The molecule has 132 valence electrons. The van der Waals surface area contributed by atoms with Crippen molar-refractivity contribution in [1.82, 2.24) is 4.72 Å². The van der Waals surface area contributed by atoms with Crippen LogP contribution in [0.15, 0.2) is 23.1 Å². The average Bonchev–Trinajstić information content (AvgIpc) is 2.40. The van der Waals surface area contributed by atoms with Gasteiger partial charge in [-0.1, -0.05) is 0 Å². The molecule has 1 saturated carbocycles. The monoisotopic (exact) mass is 376 g/mol. The zero-order chi connectivity index (χ0) is 16.5. The van der Waals surface area contributed by atoms with Crippen LogP contribution in [0.4, 0.5) is 17.6 Å². The van der Waals surface area contributed by atoms with Gasteiger partial charge >= 0.3 is 6.18 Å². The molecule has 4 nitrogen and oxygen atoms in total. The Morgan fingerprint density at radius 2 is 1.70 bits per heavy atom. The zero-order valence-electron chi connectivity index (χ0n) is 11.9. The molecule has 0 aromatic heterocycles. The van der Waals surface area contributed by atoms with Gasteiger partial charge in [-0.3, -0.25) is 0 Å². The molecule has 1 aliphatic carbocycles. The summed E-state index contributed by atoms with van der Waals surface area (Å²) in [5, 5.41) is 0. The van der Waals surface area contributed by atoms with E-state index in [4.69, 9.17) is 5.73 Å². The van der Waals surface area contributed by atoms with Crippen LogP contribution in [0.1, 0.15) is 31.2 Å². The molecule has 0 aliphatic heterocycles. The van der Waals surface area contributed by atoms with E-state index in [1.807, 2.05) is 0 Å². The highest BCUT2D eigenvalue weighted by Gasteiger charge is 2.35. The molecular weight excluding hydrogens is 360 g/mol. The molecule has 0 unspecified atom stereocenters. The van der Waals surface area contributed by atoms with Crippen LogP contribution < -0.4 is 10.5 Å². The first-order valence-corrected chi connectivity index (χ1v) is 8.22. The Hall–Kier alpha value is -0.900. The molecule has 1 aromatic carbocycles. The topological polar surface area (TPSA) is 72.2 Å². The van der Waals surface area contributed by atoms with Crippen LogP contribution in [-0.2, 0) is 16.2 Å². The lowest BCUT2D eigenvalue weighted by Crippen LogP contribution is -2.40. The number of alkyl halides is 3. The van der Waals surface area contributed by atoms with E-state index in [2.05, 4.69) is 4.72 Å². The number of hydrogen-bond acceptors (Lipinski definition) is 3. The standard InChI is InChI=1S/C13H16F4N2O2S.ClH/c14-12-6-5-10(7-11(12)13(15,16)17)22(20,21)19-9-3-1-8(18)2-4-9;/h5-9,19H,1-4,18H2;1H. The summed E-state index contributed by atoms with van der Waals surface area (Å²) < 4.78 is 77.8. The summed E-state index contributed by atoms with van der Waals surface area (Å²) >= 11 is 0. The van der Waals surface area contributed by atoms with E-state index in [9.17, 15) is 26.0 Å². The zero-order valence-corrected chi connectivity index (χ0v) is 13.6. The van der Waals surface area contributed by atoms with Gasteiger partial charge in [-0.25, -0.2) is 17.5 Å². The van der Waals surface area contributed by atoms with Gasteiger partial charge in [-0.2, -0.15) is 13.2 Å². The number of nitrogens with one attached hydrogen (secondary N) is 1. The minimum Gasteiger partial charge on any atom is -0.328 e. The SMILES string of the molecule is Cl.NC1CCC(NS(=O)(=O)c2ccc(F)c(C(F)(F)F)c2)CC1. The van der Waals surface area contributed by atoms with Crippen molar-refractivity contribution >= 4 is 22.4 Å². The van der Waals surface area contributed by atoms with Gasteiger partial charge in [-0.15, -0.1) is 12.4 Å². The third-order valence-electron chi connectivity index (χ3n) is 3.65. The van der Waals surface area contributed by atoms with E-state index in [0.29, 0.717) is 37.8 Å². The fourth-order valence-electron chi connectivity index (χ4n) is 2.41. The Bertz CT molecular complexity index is 644. The van der Waals surface area contributed by atoms with Crippen LogP contribution >= 0.6 is 12.4 Å². The number of sulfonamides is 1. The first-order chi connectivity index (χ1) is 10.1. The van der Waals surface area contributed by atoms with E-state index in [1.165, 1.54) is 0 Å². The highest BCUT2D eigenvalue weighted by Crippen LogP contribution is 2.33. The van der Waals surface area contributed by atoms with Crippen LogP contribution in [0.5, 0.6) is 0 Å².